The van der Waals surface area contributed by atoms with Crippen molar-refractivity contribution in [1.82, 2.24) is 19.5 Å². The lowest BCUT2D eigenvalue weighted by molar-refractivity contribution is -0.0978. The van der Waals surface area contributed by atoms with Gasteiger partial charge in [-0.25, -0.2) is 15.0 Å². The number of nitrogens with zero attached hydrogens (tertiary/aromatic N) is 4. The average molecular weight is 366 g/mol. The van der Waals surface area contributed by atoms with E-state index in [-0.39, 0.29) is 11.1 Å². The van der Waals surface area contributed by atoms with Gasteiger partial charge in [-0.15, -0.1) is 0 Å². The van der Waals surface area contributed by atoms with E-state index in [4.69, 9.17) is 14.9 Å². The Hall–Kier alpha value is -1.55. The van der Waals surface area contributed by atoms with Crippen molar-refractivity contribution in [2.24, 2.45) is 0 Å². The maximum absolute atomic E-state index is 10.6. The van der Waals surface area contributed by atoms with Crippen molar-refractivity contribution < 1.29 is 14.3 Å². The van der Waals surface area contributed by atoms with Gasteiger partial charge in [-0.3, -0.25) is 4.57 Å². The molecule has 0 saturated carbocycles. The number of fused-ring (bicyclic) bond motifs is 1. The third-order valence-electron chi connectivity index (χ3n) is 4.40. The first kappa shape index (κ1) is 18.2. The summed E-state index contributed by atoms with van der Waals surface area (Å²) in [6.07, 6.45) is 2.02. The van der Waals surface area contributed by atoms with Gasteiger partial charge in [0.1, 0.15) is 17.9 Å². The summed E-state index contributed by atoms with van der Waals surface area (Å²) in [5.41, 5.74) is 6.44. The quantitative estimate of drug-likeness (QED) is 0.783. The monoisotopic (exact) mass is 365 g/mol. The maximum Gasteiger partial charge on any atom is 0.167 e. The lowest BCUT2D eigenvalue weighted by atomic mass is 9.98. The second-order valence-electron chi connectivity index (χ2n) is 8.35. The number of nitrogen functional groups attached to an aromatic ring is 1. The van der Waals surface area contributed by atoms with E-state index in [0.29, 0.717) is 23.4 Å². The molecule has 0 radical (unpaired) electrons. The van der Waals surface area contributed by atoms with E-state index >= 15 is 0 Å². The highest BCUT2D eigenvalue weighted by Crippen LogP contribution is 2.38. The Labute approximate surface area is 149 Å². The number of hydrogen-bond acceptors (Lipinski definition) is 7. The molecule has 138 valence electrons. The number of aromatic nitrogens is 4. The number of aliphatic hydroxyl groups excluding tert-OH is 1. The van der Waals surface area contributed by atoms with Gasteiger partial charge in [-0.2, -0.15) is 0 Å². The van der Waals surface area contributed by atoms with Crippen LogP contribution in [0.4, 0.5) is 5.82 Å². The molecule has 1 fully saturated rings. The highest BCUT2D eigenvalue weighted by atomic mass is 28.2. The van der Waals surface area contributed by atoms with Crippen LogP contribution in [0, 0.1) is 0 Å². The van der Waals surface area contributed by atoms with Crippen LogP contribution in [-0.4, -0.2) is 52.2 Å². The van der Waals surface area contributed by atoms with Crippen LogP contribution in [0.1, 0.15) is 47.3 Å². The van der Waals surface area contributed by atoms with Crippen molar-refractivity contribution in [1.29, 1.82) is 0 Å². The molecule has 3 heterocycles. The highest BCUT2D eigenvalue weighted by Gasteiger charge is 2.44. The standard InChI is InChI=1S/C16H27N5O3Si/c1-15(2,3)25-24-16(4,5)10-6-9(22)14(23-10)21-8-20-11-12(17)18-7-19-13(11)21/h7-10,14,22H,6,25H2,1-5H3,(H2,17,18,19)/t9-,10+,14-/m1/s1. The predicted octanol–water partition coefficient (Wildman–Crippen LogP) is 1.15. The molecule has 0 unspecified atom stereocenters. The zero-order valence-electron chi connectivity index (χ0n) is 15.4. The van der Waals surface area contributed by atoms with E-state index < -0.39 is 27.7 Å². The Morgan fingerprint density at radius 3 is 2.68 bits per heavy atom. The molecule has 0 aliphatic carbocycles. The summed E-state index contributed by atoms with van der Waals surface area (Å²) in [4.78, 5) is 12.4. The molecule has 3 rings (SSSR count). The fourth-order valence-corrected chi connectivity index (χ4v) is 3.89. The summed E-state index contributed by atoms with van der Waals surface area (Å²) in [5.74, 6) is 0.313. The minimum atomic E-state index is -0.731. The first-order valence-corrected chi connectivity index (χ1v) is 9.77. The van der Waals surface area contributed by atoms with Crippen LogP contribution in [0.5, 0.6) is 0 Å². The molecular formula is C16H27N5O3Si. The van der Waals surface area contributed by atoms with Gasteiger partial charge in [0.2, 0.25) is 0 Å². The van der Waals surface area contributed by atoms with Gasteiger partial charge >= 0.3 is 0 Å². The molecule has 2 aromatic heterocycles. The molecule has 2 aromatic rings. The maximum atomic E-state index is 10.6. The Kier molecular flexibility index (Phi) is 4.61. The second kappa shape index (κ2) is 6.31. The third kappa shape index (κ3) is 3.69. The average Bonchev–Trinajstić information content (AvgIpc) is 3.09. The first-order chi connectivity index (χ1) is 11.6. The zero-order chi connectivity index (χ0) is 18.4. The summed E-state index contributed by atoms with van der Waals surface area (Å²) in [6, 6.07) is 0. The van der Waals surface area contributed by atoms with Crippen molar-refractivity contribution >= 4 is 26.7 Å². The van der Waals surface area contributed by atoms with Crippen LogP contribution in [-0.2, 0) is 9.16 Å². The number of anilines is 1. The molecule has 0 spiro atoms. The summed E-state index contributed by atoms with van der Waals surface area (Å²) in [6.45, 7) is 10.6. The van der Waals surface area contributed by atoms with Crippen LogP contribution in [0.2, 0.25) is 5.04 Å². The lowest BCUT2D eigenvalue weighted by Crippen LogP contribution is -2.41. The SMILES string of the molecule is CC(C)(C)[SiH2]OC(C)(C)[C@@H]1C[C@@H](O)[C@H](n2cnc3c(N)ncnc32)O1. The number of aliphatic hydroxyl groups is 1. The second-order valence-corrected chi connectivity index (χ2v) is 11.1. The van der Waals surface area contributed by atoms with Crippen LogP contribution in [0.3, 0.4) is 0 Å². The minimum Gasteiger partial charge on any atom is -0.416 e. The summed E-state index contributed by atoms with van der Waals surface area (Å²) in [5, 5.41) is 10.8. The Morgan fingerprint density at radius 1 is 1.28 bits per heavy atom. The number of nitrogens with two attached hydrogens (primary N) is 1. The fourth-order valence-electron chi connectivity index (χ4n) is 2.90. The summed E-state index contributed by atoms with van der Waals surface area (Å²) >= 11 is 0. The lowest BCUT2D eigenvalue weighted by Gasteiger charge is -2.34. The molecule has 8 nitrogen and oxygen atoms in total. The number of ether oxygens (including phenoxy) is 1. The fraction of sp³-hybridized carbons (Fsp3) is 0.688. The summed E-state index contributed by atoms with van der Waals surface area (Å²) < 4.78 is 14.1. The van der Waals surface area contributed by atoms with Crippen molar-refractivity contribution in [2.45, 2.75) is 70.1 Å². The molecule has 0 amide bonds. The first-order valence-electron chi connectivity index (χ1n) is 8.49. The molecule has 25 heavy (non-hydrogen) atoms. The summed E-state index contributed by atoms with van der Waals surface area (Å²) in [7, 11) is -0.731. The largest absolute Gasteiger partial charge is 0.416 e. The molecule has 9 heteroatoms. The van der Waals surface area contributed by atoms with Gasteiger partial charge in [-0.1, -0.05) is 20.8 Å². The van der Waals surface area contributed by atoms with Gasteiger partial charge in [-0.05, 0) is 18.9 Å². The molecule has 0 bridgehead atoms. The van der Waals surface area contributed by atoms with E-state index in [1.807, 2.05) is 13.8 Å². The Bertz CT molecular complexity index is 758. The molecule has 0 aromatic carbocycles. The predicted molar refractivity (Wildman–Crippen MR) is 97.7 cm³/mol. The van der Waals surface area contributed by atoms with Crippen molar-refractivity contribution in [2.75, 3.05) is 5.73 Å². The molecule has 3 N–H and O–H groups in total. The van der Waals surface area contributed by atoms with E-state index in [0.717, 1.165) is 0 Å². The van der Waals surface area contributed by atoms with Crippen molar-refractivity contribution in [3.05, 3.63) is 12.7 Å². The normalized spacial score (nSPS) is 25.4. The van der Waals surface area contributed by atoms with Crippen LogP contribution in [0.15, 0.2) is 12.7 Å². The van der Waals surface area contributed by atoms with E-state index in [1.165, 1.54) is 6.33 Å². The van der Waals surface area contributed by atoms with Crippen molar-refractivity contribution in [3.63, 3.8) is 0 Å². The molecule has 1 aliphatic heterocycles. The van der Waals surface area contributed by atoms with Crippen molar-refractivity contribution in [3.8, 4) is 0 Å². The van der Waals surface area contributed by atoms with Crippen LogP contribution >= 0.6 is 0 Å². The molecule has 3 atom stereocenters. The number of imidazole rings is 1. The van der Waals surface area contributed by atoms with E-state index in [9.17, 15) is 5.11 Å². The van der Waals surface area contributed by atoms with E-state index in [2.05, 4.69) is 35.7 Å². The van der Waals surface area contributed by atoms with Crippen LogP contribution < -0.4 is 5.73 Å². The molecule has 1 aliphatic rings. The van der Waals surface area contributed by atoms with Gasteiger partial charge in [0.05, 0.1) is 18.0 Å². The number of rotatable bonds is 4. The highest BCUT2D eigenvalue weighted by molar-refractivity contribution is 6.31. The number of hydrogen-bond donors (Lipinski definition) is 2. The minimum absolute atomic E-state index is 0.197. The van der Waals surface area contributed by atoms with E-state index in [1.54, 1.807) is 10.9 Å². The molecule has 1 saturated heterocycles. The zero-order valence-corrected chi connectivity index (χ0v) is 16.8. The smallest absolute Gasteiger partial charge is 0.167 e. The molecular weight excluding hydrogens is 338 g/mol. The van der Waals surface area contributed by atoms with Gasteiger partial charge in [0, 0.05) is 6.42 Å². The third-order valence-corrected chi connectivity index (χ3v) is 6.16. The van der Waals surface area contributed by atoms with Gasteiger partial charge in [0.15, 0.2) is 27.5 Å². The van der Waals surface area contributed by atoms with Gasteiger partial charge in [0.25, 0.3) is 0 Å². The Morgan fingerprint density at radius 2 is 2.00 bits per heavy atom. The topological polar surface area (TPSA) is 108 Å². The van der Waals surface area contributed by atoms with Crippen LogP contribution in [0.25, 0.3) is 11.2 Å². The van der Waals surface area contributed by atoms with Gasteiger partial charge < -0.3 is 20.0 Å². The Balaban J connectivity index is 1.80.